The molecular formula is C18H17N3O. The van der Waals surface area contributed by atoms with Gasteiger partial charge in [0, 0.05) is 29.3 Å². The molecule has 0 saturated carbocycles. The minimum absolute atomic E-state index is 0.0997. The molecule has 0 radical (unpaired) electrons. The van der Waals surface area contributed by atoms with Gasteiger partial charge in [-0.15, -0.1) is 0 Å². The molecule has 22 heavy (non-hydrogen) atoms. The van der Waals surface area contributed by atoms with Gasteiger partial charge in [-0.25, -0.2) is 0 Å². The molecule has 1 aromatic carbocycles. The second-order valence-electron chi connectivity index (χ2n) is 5.09. The van der Waals surface area contributed by atoms with Crippen LogP contribution in [-0.2, 0) is 6.54 Å². The molecule has 0 aliphatic carbocycles. The first-order valence-corrected chi connectivity index (χ1v) is 7.16. The number of amides is 1. The first-order valence-electron chi connectivity index (χ1n) is 7.16. The van der Waals surface area contributed by atoms with E-state index in [-0.39, 0.29) is 5.91 Å². The van der Waals surface area contributed by atoms with Crippen LogP contribution in [0.25, 0.3) is 5.69 Å². The standard InChI is InChI=1S/C18H17N3O/c1-14-6-4-8-16(20-14)13-19-18(22)15-7-5-9-17(12-15)21-10-2-3-11-21/h2-12H,13H2,1H3,(H,19,22). The van der Waals surface area contributed by atoms with Crippen molar-refractivity contribution in [3.05, 3.63) is 83.9 Å². The summed E-state index contributed by atoms with van der Waals surface area (Å²) >= 11 is 0. The summed E-state index contributed by atoms with van der Waals surface area (Å²) in [6.07, 6.45) is 3.90. The number of hydrogen-bond acceptors (Lipinski definition) is 2. The van der Waals surface area contributed by atoms with Crippen molar-refractivity contribution < 1.29 is 4.79 Å². The number of nitrogens with one attached hydrogen (secondary N) is 1. The molecule has 0 unspecified atom stereocenters. The van der Waals surface area contributed by atoms with E-state index < -0.39 is 0 Å². The van der Waals surface area contributed by atoms with Crippen molar-refractivity contribution >= 4 is 5.91 Å². The summed E-state index contributed by atoms with van der Waals surface area (Å²) in [5, 5.41) is 2.90. The molecule has 2 heterocycles. The summed E-state index contributed by atoms with van der Waals surface area (Å²) < 4.78 is 1.97. The van der Waals surface area contributed by atoms with Crippen LogP contribution < -0.4 is 5.32 Å². The molecule has 4 nitrogen and oxygen atoms in total. The zero-order chi connectivity index (χ0) is 15.4. The van der Waals surface area contributed by atoms with E-state index in [0.29, 0.717) is 12.1 Å². The smallest absolute Gasteiger partial charge is 0.251 e. The van der Waals surface area contributed by atoms with Gasteiger partial charge in [0.05, 0.1) is 12.2 Å². The molecule has 0 aliphatic rings. The second kappa shape index (κ2) is 6.26. The lowest BCUT2D eigenvalue weighted by Gasteiger charge is -2.08. The maximum Gasteiger partial charge on any atom is 0.251 e. The van der Waals surface area contributed by atoms with Crippen LogP contribution in [-0.4, -0.2) is 15.5 Å². The van der Waals surface area contributed by atoms with Crippen molar-refractivity contribution in [1.29, 1.82) is 0 Å². The van der Waals surface area contributed by atoms with Crippen molar-refractivity contribution in [1.82, 2.24) is 14.9 Å². The van der Waals surface area contributed by atoms with Crippen molar-refractivity contribution in [2.45, 2.75) is 13.5 Å². The largest absolute Gasteiger partial charge is 0.346 e. The van der Waals surface area contributed by atoms with Gasteiger partial charge in [-0.1, -0.05) is 12.1 Å². The lowest BCUT2D eigenvalue weighted by Crippen LogP contribution is -2.23. The van der Waals surface area contributed by atoms with E-state index in [4.69, 9.17) is 0 Å². The molecule has 0 spiro atoms. The number of pyridine rings is 1. The fourth-order valence-corrected chi connectivity index (χ4v) is 2.29. The molecule has 2 aromatic heterocycles. The number of carbonyl (C=O) groups is 1. The van der Waals surface area contributed by atoms with Gasteiger partial charge in [-0.05, 0) is 49.4 Å². The summed E-state index contributed by atoms with van der Waals surface area (Å²) in [6.45, 7) is 2.36. The molecule has 0 bridgehead atoms. The summed E-state index contributed by atoms with van der Waals surface area (Å²) in [5.74, 6) is -0.0997. The molecule has 3 aromatic rings. The van der Waals surface area contributed by atoms with E-state index in [0.717, 1.165) is 17.1 Å². The SMILES string of the molecule is Cc1cccc(CNC(=O)c2cccc(-n3cccc3)c2)n1. The fraction of sp³-hybridized carbons (Fsp3) is 0.111. The quantitative estimate of drug-likeness (QED) is 0.803. The summed E-state index contributed by atoms with van der Waals surface area (Å²) in [4.78, 5) is 16.7. The van der Waals surface area contributed by atoms with E-state index in [1.165, 1.54) is 0 Å². The number of carbonyl (C=O) groups excluding carboxylic acids is 1. The van der Waals surface area contributed by atoms with Crippen LogP contribution in [0.1, 0.15) is 21.7 Å². The molecule has 0 saturated heterocycles. The Morgan fingerprint density at radius 2 is 1.86 bits per heavy atom. The first-order chi connectivity index (χ1) is 10.7. The number of aromatic nitrogens is 2. The highest BCUT2D eigenvalue weighted by Gasteiger charge is 2.07. The minimum Gasteiger partial charge on any atom is -0.346 e. The Hall–Kier alpha value is -2.88. The van der Waals surface area contributed by atoms with Gasteiger partial charge in [-0.3, -0.25) is 9.78 Å². The average molecular weight is 291 g/mol. The number of nitrogens with zero attached hydrogens (tertiary/aromatic N) is 2. The van der Waals surface area contributed by atoms with Crippen LogP contribution in [0.2, 0.25) is 0 Å². The predicted molar refractivity (Wildman–Crippen MR) is 85.9 cm³/mol. The Labute approximate surface area is 129 Å². The van der Waals surface area contributed by atoms with Gasteiger partial charge >= 0.3 is 0 Å². The Morgan fingerprint density at radius 1 is 1.09 bits per heavy atom. The van der Waals surface area contributed by atoms with Crippen molar-refractivity contribution in [2.75, 3.05) is 0 Å². The van der Waals surface area contributed by atoms with Crippen LogP contribution in [0.4, 0.5) is 0 Å². The average Bonchev–Trinajstić information content (AvgIpc) is 3.07. The van der Waals surface area contributed by atoms with Gasteiger partial charge in [0.25, 0.3) is 5.91 Å². The number of rotatable bonds is 4. The molecule has 0 fully saturated rings. The monoisotopic (exact) mass is 291 g/mol. The lowest BCUT2D eigenvalue weighted by atomic mass is 10.2. The molecule has 0 atom stereocenters. The van der Waals surface area contributed by atoms with Crippen LogP contribution in [0.3, 0.4) is 0 Å². The number of hydrogen-bond donors (Lipinski definition) is 1. The maximum absolute atomic E-state index is 12.3. The lowest BCUT2D eigenvalue weighted by molar-refractivity contribution is 0.0950. The third-order valence-electron chi connectivity index (χ3n) is 3.39. The van der Waals surface area contributed by atoms with E-state index >= 15 is 0 Å². The topological polar surface area (TPSA) is 46.9 Å². The maximum atomic E-state index is 12.3. The van der Waals surface area contributed by atoms with Gasteiger partial charge in [0.1, 0.15) is 0 Å². The van der Waals surface area contributed by atoms with E-state index in [9.17, 15) is 4.79 Å². The zero-order valence-corrected chi connectivity index (χ0v) is 12.4. The number of benzene rings is 1. The zero-order valence-electron chi connectivity index (χ0n) is 12.4. The fourth-order valence-electron chi connectivity index (χ4n) is 2.29. The van der Waals surface area contributed by atoms with Crippen LogP contribution in [0.15, 0.2) is 67.0 Å². The Balaban J connectivity index is 1.71. The van der Waals surface area contributed by atoms with E-state index in [2.05, 4.69) is 10.3 Å². The number of aryl methyl sites for hydroxylation is 1. The highest BCUT2D eigenvalue weighted by molar-refractivity contribution is 5.94. The third kappa shape index (κ3) is 3.23. The molecular weight excluding hydrogens is 274 g/mol. The van der Waals surface area contributed by atoms with Gasteiger partial charge in [-0.2, -0.15) is 0 Å². The van der Waals surface area contributed by atoms with Gasteiger partial charge in [0.15, 0.2) is 0 Å². The second-order valence-corrected chi connectivity index (χ2v) is 5.09. The summed E-state index contributed by atoms with van der Waals surface area (Å²) in [6, 6.07) is 17.2. The molecule has 3 rings (SSSR count). The summed E-state index contributed by atoms with van der Waals surface area (Å²) in [7, 11) is 0. The molecule has 1 N–H and O–H groups in total. The van der Waals surface area contributed by atoms with Gasteiger partial charge in [0.2, 0.25) is 0 Å². The highest BCUT2D eigenvalue weighted by atomic mass is 16.1. The third-order valence-corrected chi connectivity index (χ3v) is 3.39. The molecule has 110 valence electrons. The first kappa shape index (κ1) is 14.1. The van der Waals surface area contributed by atoms with Crippen LogP contribution in [0, 0.1) is 6.92 Å². The highest BCUT2D eigenvalue weighted by Crippen LogP contribution is 2.11. The Kier molecular flexibility index (Phi) is 4.01. The van der Waals surface area contributed by atoms with E-state index in [1.807, 2.05) is 78.5 Å². The molecule has 1 amide bonds. The molecule has 0 aliphatic heterocycles. The Morgan fingerprint density at radius 3 is 2.64 bits per heavy atom. The van der Waals surface area contributed by atoms with Crippen molar-refractivity contribution in [3.63, 3.8) is 0 Å². The normalized spacial score (nSPS) is 10.4. The summed E-state index contributed by atoms with van der Waals surface area (Å²) in [5.41, 5.74) is 3.40. The van der Waals surface area contributed by atoms with Crippen LogP contribution in [0.5, 0.6) is 0 Å². The molecule has 4 heteroatoms. The van der Waals surface area contributed by atoms with Crippen molar-refractivity contribution in [3.8, 4) is 5.69 Å². The predicted octanol–water partition coefficient (Wildman–Crippen LogP) is 3.11. The van der Waals surface area contributed by atoms with Crippen LogP contribution >= 0.6 is 0 Å². The minimum atomic E-state index is -0.0997. The Bertz CT molecular complexity index is 779. The van der Waals surface area contributed by atoms with Crippen molar-refractivity contribution in [2.24, 2.45) is 0 Å². The van der Waals surface area contributed by atoms with E-state index in [1.54, 1.807) is 0 Å². The van der Waals surface area contributed by atoms with Gasteiger partial charge < -0.3 is 9.88 Å².